The molecule has 0 unspecified atom stereocenters. The molecule has 4 nitrogen and oxygen atoms in total. The SMILES string of the molecule is CC(C)(C)c1nc(-c2ccncn2)nc(Cl)c1I. The summed E-state index contributed by atoms with van der Waals surface area (Å²) in [6.45, 7) is 6.28. The number of nitrogens with zero attached hydrogens (tertiary/aromatic N) is 4. The fourth-order valence-corrected chi connectivity index (χ4v) is 2.67. The fraction of sp³-hybridized carbons (Fsp3) is 0.333. The third kappa shape index (κ3) is 2.77. The minimum atomic E-state index is -0.0924. The Hall–Kier alpha value is -0.820. The predicted molar refractivity (Wildman–Crippen MR) is 79.5 cm³/mol. The van der Waals surface area contributed by atoms with Crippen molar-refractivity contribution in [3.8, 4) is 11.5 Å². The molecule has 0 N–H and O–H groups in total. The highest BCUT2D eigenvalue weighted by Crippen LogP contribution is 2.30. The number of halogens is 2. The molecule has 18 heavy (non-hydrogen) atoms. The van der Waals surface area contributed by atoms with Gasteiger partial charge in [-0.05, 0) is 28.7 Å². The lowest BCUT2D eigenvalue weighted by Crippen LogP contribution is -2.17. The molecule has 0 aromatic carbocycles. The molecule has 0 bridgehead atoms. The Labute approximate surface area is 124 Å². The molecular formula is C12H12ClIN4. The first-order valence-electron chi connectivity index (χ1n) is 5.39. The Balaban J connectivity index is 2.62. The van der Waals surface area contributed by atoms with Crippen molar-refractivity contribution >= 4 is 34.2 Å². The molecule has 2 heterocycles. The molecule has 2 rings (SSSR count). The van der Waals surface area contributed by atoms with E-state index < -0.39 is 0 Å². The summed E-state index contributed by atoms with van der Waals surface area (Å²) < 4.78 is 0.888. The molecule has 2 aromatic rings. The lowest BCUT2D eigenvalue weighted by molar-refractivity contribution is 0.563. The third-order valence-electron chi connectivity index (χ3n) is 2.33. The van der Waals surface area contributed by atoms with Crippen molar-refractivity contribution in [1.82, 2.24) is 19.9 Å². The summed E-state index contributed by atoms with van der Waals surface area (Å²) in [7, 11) is 0. The summed E-state index contributed by atoms with van der Waals surface area (Å²) in [5.41, 5.74) is 1.51. The summed E-state index contributed by atoms with van der Waals surface area (Å²) in [6, 6.07) is 1.77. The first-order valence-corrected chi connectivity index (χ1v) is 6.85. The quantitative estimate of drug-likeness (QED) is 0.566. The van der Waals surface area contributed by atoms with E-state index in [4.69, 9.17) is 11.6 Å². The molecule has 6 heteroatoms. The van der Waals surface area contributed by atoms with E-state index in [1.807, 2.05) is 0 Å². The summed E-state index contributed by atoms with van der Waals surface area (Å²) in [5, 5.41) is 0.462. The standard InChI is InChI=1S/C12H12ClIN4/c1-12(2,3)9-8(14)10(13)18-11(17-9)7-4-5-15-6-16-7/h4-6H,1-3H3. The fourth-order valence-electron chi connectivity index (χ4n) is 1.45. The Kier molecular flexibility index (Phi) is 3.82. The summed E-state index contributed by atoms with van der Waals surface area (Å²) in [6.07, 6.45) is 3.13. The predicted octanol–water partition coefficient (Wildman–Crippen LogP) is 3.49. The van der Waals surface area contributed by atoms with Crippen molar-refractivity contribution in [2.24, 2.45) is 0 Å². The maximum Gasteiger partial charge on any atom is 0.180 e. The van der Waals surface area contributed by atoms with E-state index in [-0.39, 0.29) is 5.41 Å². The summed E-state index contributed by atoms with van der Waals surface area (Å²) in [4.78, 5) is 16.9. The van der Waals surface area contributed by atoms with Gasteiger partial charge in [0.15, 0.2) is 5.82 Å². The average molecular weight is 375 g/mol. The normalized spacial score (nSPS) is 11.6. The van der Waals surface area contributed by atoms with Gasteiger partial charge < -0.3 is 0 Å². The first-order chi connectivity index (χ1) is 8.39. The number of aromatic nitrogens is 4. The van der Waals surface area contributed by atoms with E-state index in [1.54, 1.807) is 12.3 Å². The molecule has 0 radical (unpaired) electrons. The van der Waals surface area contributed by atoms with Gasteiger partial charge in [-0.3, -0.25) is 0 Å². The Morgan fingerprint density at radius 1 is 1.22 bits per heavy atom. The van der Waals surface area contributed by atoms with Crippen LogP contribution in [-0.4, -0.2) is 19.9 Å². The molecule has 0 aliphatic heterocycles. The van der Waals surface area contributed by atoms with Gasteiger partial charge in [0.2, 0.25) is 0 Å². The largest absolute Gasteiger partial charge is 0.245 e. The van der Waals surface area contributed by atoms with Crippen LogP contribution < -0.4 is 0 Å². The van der Waals surface area contributed by atoms with Crippen LogP contribution in [0.15, 0.2) is 18.6 Å². The molecule has 0 fully saturated rings. The van der Waals surface area contributed by atoms with E-state index in [0.717, 1.165) is 9.26 Å². The second-order valence-electron chi connectivity index (χ2n) is 4.85. The molecule has 0 atom stereocenters. The maximum atomic E-state index is 6.17. The lowest BCUT2D eigenvalue weighted by Gasteiger charge is -2.20. The molecule has 94 valence electrons. The van der Waals surface area contributed by atoms with Crippen molar-refractivity contribution in [2.45, 2.75) is 26.2 Å². The summed E-state index contributed by atoms with van der Waals surface area (Å²) >= 11 is 8.35. The molecule has 0 spiro atoms. The van der Waals surface area contributed by atoms with Gasteiger partial charge in [0.1, 0.15) is 17.2 Å². The highest BCUT2D eigenvalue weighted by Gasteiger charge is 2.23. The van der Waals surface area contributed by atoms with Gasteiger partial charge in [-0.2, -0.15) is 0 Å². The lowest BCUT2D eigenvalue weighted by atomic mass is 9.92. The van der Waals surface area contributed by atoms with Crippen LogP contribution in [0.4, 0.5) is 0 Å². The van der Waals surface area contributed by atoms with Crippen LogP contribution >= 0.6 is 34.2 Å². The third-order valence-corrected chi connectivity index (χ3v) is 3.95. The van der Waals surface area contributed by atoms with Crippen LogP contribution in [0.1, 0.15) is 26.5 Å². The topological polar surface area (TPSA) is 51.6 Å². The minimum absolute atomic E-state index is 0.0924. The molecule has 0 saturated carbocycles. The zero-order valence-electron chi connectivity index (χ0n) is 10.3. The van der Waals surface area contributed by atoms with Crippen molar-refractivity contribution in [1.29, 1.82) is 0 Å². The Morgan fingerprint density at radius 2 is 1.94 bits per heavy atom. The van der Waals surface area contributed by atoms with E-state index >= 15 is 0 Å². The van der Waals surface area contributed by atoms with Crippen molar-refractivity contribution in [3.05, 3.63) is 33.0 Å². The molecule has 0 amide bonds. The monoisotopic (exact) mass is 374 g/mol. The zero-order chi connectivity index (χ0) is 13.3. The first kappa shape index (κ1) is 13.6. The van der Waals surface area contributed by atoms with Crippen LogP contribution in [0.3, 0.4) is 0 Å². The van der Waals surface area contributed by atoms with Crippen molar-refractivity contribution < 1.29 is 0 Å². The second kappa shape index (κ2) is 5.05. The molecule has 0 saturated heterocycles. The van der Waals surface area contributed by atoms with Crippen molar-refractivity contribution in [3.63, 3.8) is 0 Å². The zero-order valence-corrected chi connectivity index (χ0v) is 13.2. The number of hydrogen-bond acceptors (Lipinski definition) is 4. The van der Waals surface area contributed by atoms with E-state index in [0.29, 0.717) is 16.7 Å². The van der Waals surface area contributed by atoms with Crippen LogP contribution in [-0.2, 0) is 5.41 Å². The average Bonchev–Trinajstić information content (AvgIpc) is 2.32. The van der Waals surface area contributed by atoms with Crippen LogP contribution in [0.2, 0.25) is 5.15 Å². The molecule has 0 aliphatic carbocycles. The van der Waals surface area contributed by atoms with E-state index in [9.17, 15) is 0 Å². The van der Waals surface area contributed by atoms with Gasteiger partial charge in [-0.15, -0.1) is 0 Å². The van der Waals surface area contributed by atoms with Gasteiger partial charge in [0, 0.05) is 11.6 Å². The van der Waals surface area contributed by atoms with Crippen LogP contribution in [0, 0.1) is 3.57 Å². The molecule has 2 aromatic heterocycles. The second-order valence-corrected chi connectivity index (χ2v) is 6.28. The van der Waals surface area contributed by atoms with Crippen molar-refractivity contribution in [2.75, 3.05) is 0 Å². The number of rotatable bonds is 1. The van der Waals surface area contributed by atoms with Gasteiger partial charge in [-0.1, -0.05) is 32.4 Å². The van der Waals surface area contributed by atoms with Crippen LogP contribution in [0.5, 0.6) is 0 Å². The summed E-state index contributed by atoms with van der Waals surface area (Å²) in [5.74, 6) is 0.535. The highest BCUT2D eigenvalue weighted by atomic mass is 127. The minimum Gasteiger partial charge on any atom is -0.245 e. The number of hydrogen-bond donors (Lipinski definition) is 0. The van der Waals surface area contributed by atoms with E-state index in [1.165, 1.54) is 6.33 Å². The van der Waals surface area contributed by atoms with Gasteiger partial charge in [0.05, 0.1) is 9.26 Å². The molecule has 0 aliphatic rings. The van der Waals surface area contributed by atoms with Gasteiger partial charge in [-0.25, -0.2) is 19.9 Å². The Bertz CT molecular complexity index is 566. The molecular weight excluding hydrogens is 363 g/mol. The highest BCUT2D eigenvalue weighted by molar-refractivity contribution is 14.1. The maximum absolute atomic E-state index is 6.17. The van der Waals surface area contributed by atoms with Crippen LogP contribution in [0.25, 0.3) is 11.5 Å². The van der Waals surface area contributed by atoms with E-state index in [2.05, 4.69) is 63.3 Å². The van der Waals surface area contributed by atoms with Gasteiger partial charge in [0.25, 0.3) is 0 Å². The Morgan fingerprint density at radius 3 is 2.50 bits per heavy atom. The smallest absolute Gasteiger partial charge is 0.180 e. The van der Waals surface area contributed by atoms with Gasteiger partial charge >= 0.3 is 0 Å².